The maximum atomic E-state index is 14.1. The second-order valence-corrected chi connectivity index (χ2v) is 10.4. The number of unbranched alkanes of at least 4 members (excludes halogenated alkanes) is 3. The molecule has 6 atom stereocenters. The summed E-state index contributed by atoms with van der Waals surface area (Å²) >= 11 is 0. The fourth-order valence-electron chi connectivity index (χ4n) is 6.35. The first-order valence-corrected chi connectivity index (χ1v) is 13.7. The number of nitrogens with zero attached hydrogens (tertiary/aromatic N) is 2. The van der Waals surface area contributed by atoms with Crippen molar-refractivity contribution in [2.75, 3.05) is 26.3 Å². The quantitative estimate of drug-likeness (QED) is 0.197. The number of ether oxygens (including phenoxy) is 2. The van der Waals surface area contributed by atoms with E-state index in [1.165, 1.54) is 0 Å². The van der Waals surface area contributed by atoms with E-state index >= 15 is 0 Å². The van der Waals surface area contributed by atoms with E-state index < -0.39 is 35.6 Å². The highest BCUT2D eigenvalue weighted by Crippen LogP contribution is 2.58. The van der Waals surface area contributed by atoms with Crippen molar-refractivity contribution in [3.8, 4) is 0 Å². The maximum Gasteiger partial charge on any atom is 0.312 e. The van der Waals surface area contributed by atoms with E-state index in [1.54, 1.807) is 15.9 Å². The van der Waals surface area contributed by atoms with Crippen molar-refractivity contribution in [1.82, 2.24) is 9.80 Å². The van der Waals surface area contributed by atoms with Gasteiger partial charge in [0.15, 0.2) is 0 Å². The lowest BCUT2D eigenvalue weighted by Crippen LogP contribution is -2.57. The SMILES string of the molecule is C=CCCCCOC(=O)[C@@H]1[C@H]2C(=O)N(CCCCO)C(C(=O)N(CC=C)C(C)CCC)C23CC[C@H]1O3. The van der Waals surface area contributed by atoms with E-state index in [0.717, 1.165) is 32.1 Å². The second-order valence-electron chi connectivity index (χ2n) is 10.4. The zero-order valence-electron chi connectivity index (χ0n) is 22.0. The van der Waals surface area contributed by atoms with Gasteiger partial charge in [0.05, 0.1) is 24.5 Å². The summed E-state index contributed by atoms with van der Waals surface area (Å²) in [6.07, 6.45) is 9.69. The summed E-state index contributed by atoms with van der Waals surface area (Å²) in [5.41, 5.74) is -1.02. The number of likely N-dealkylation sites (tertiary alicyclic amines) is 1. The molecule has 3 rings (SSSR count). The van der Waals surface area contributed by atoms with Crippen LogP contribution in [0.15, 0.2) is 25.3 Å². The minimum Gasteiger partial charge on any atom is -0.465 e. The van der Waals surface area contributed by atoms with Crippen LogP contribution in [-0.2, 0) is 23.9 Å². The van der Waals surface area contributed by atoms with Gasteiger partial charge < -0.3 is 24.4 Å². The van der Waals surface area contributed by atoms with Crippen molar-refractivity contribution in [3.63, 3.8) is 0 Å². The van der Waals surface area contributed by atoms with Gasteiger partial charge in [0.25, 0.3) is 0 Å². The lowest BCUT2D eigenvalue weighted by molar-refractivity contribution is -0.155. The first kappa shape index (κ1) is 28.4. The molecule has 3 heterocycles. The molecule has 1 N–H and O–H groups in total. The average Bonchev–Trinajstić information content (AvgIpc) is 3.50. The fraction of sp³-hybridized carbons (Fsp3) is 0.750. The third-order valence-corrected chi connectivity index (χ3v) is 8.01. The Bertz CT molecular complexity index is 816. The fourth-order valence-corrected chi connectivity index (χ4v) is 6.35. The highest BCUT2D eigenvalue weighted by molar-refractivity contribution is 5.98. The summed E-state index contributed by atoms with van der Waals surface area (Å²) in [6.45, 7) is 12.7. The molecule has 36 heavy (non-hydrogen) atoms. The number of hydrogen-bond donors (Lipinski definition) is 1. The highest BCUT2D eigenvalue weighted by atomic mass is 16.6. The van der Waals surface area contributed by atoms with Gasteiger partial charge in [-0.2, -0.15) is 0 Å². The number of carbonyl (C=O) groups excluding carboxylic acids is 3. The molecule has 0 aromatic rings. The smallest absolute Gasteiger partial charge is 0.312 e. The number of amides is 2. The molecule has 0 aromatic heterocycles. The minimum atomic E-state index is -1.02. The van der Waals surface area contributed by atoms with Crippen LogP contribution in [0.25, 0.3) is 0 Å². The zero-order chi connectivity index (χ0) is 26.3. The molecule has 2 amide bonds. The molecule has 8 heteroatoms. The van der Waals surface area contributed by atoms with Crippen LogP contribution in [0.1, 0.15) is 71.6 Å². The van der Waals surface area contributed by atoms with Gasteiger partial charge in [0.2, 0.25) is 11.8 Å². The van der Waals surface area contributed by atoms with Crippen LogP contribution < -0.4 is 0 Å². The van der Waals surface area contributed by atoms with Gasteiger partial charge in [-0.15, -0.1) is 13.2 Å². The largest absolute Gasteiger partial charge is 0.465 e. The van der Waals surface area contributed by atoms with E-state index in [0.29, 0.717) is 45.4 Å². The topological polar surface area (TPSA) is 96.4 Å². The van der Waals surface area contributed by atoms with Gasteiger partial charge in [-0.3, -0.25) is 14.4 Å². The molecule has 202 valence electrons. The van der Waals surface area contributed by atoms with Crippen molar-refractivity contribution >= 4 is 17.8 Å². The molecule has 2 bridgehead atoms. The predicted octanol–water partition coefficient (Wildman–Crippen LogP) is 3.24. The molecule has 0 saturated carbocycles. The van der Waals surface area contributed by atoms with Crippen LogP contribution in [-0.4, -0.2) is 82.8 Å². The highest BCUT2D eigenvalue weighted by Gasteiger charge is 2.75. The zero-order valence-corrected chi connectivity index (χ0v) is 22.0. The van der Waals surface area contributed by atoms with Crippen molar-refractivity contribution in [3.05, 3.63) is 25.3 Å². The molecular weight excluding hydrogens is 460 g/mol. The Labute approximate surface area is 215 Å². The molecular formula is C28H44N2O6. The third-order valence-electron chi connectivity index (χ3n) is 8.01. The number of hydrogen-bond acceptors (Lipinski definition) is 6. The van der Waals surface area contributed by atoms with Gasteiger partial charge in [-0.05, 0) is 58.3 Å². The van der Waals surface area contributed by atoms with Crippen LogP contribution in [0.3, 0.4) is 0 Å². The number of rotatable bonds is 16. The number of carbonyl (C=O) groups is 3. The summed E-state index contributed by atoms with van der Waals surface area (Å²) in [5, 5.41) is 9.31. The Hall–Kier alpha value is -2.19. The first-order valence-electron chi connectivity index (χ1n) is 13.7. The summed E-state index contributed by atoms with van der Waals surface area (Å²) < 4.78 is 12.1. The van der Waals surface area contributed by atoms with Gasteiger partial charge in [0, 0.05) is 25.7 Å². The molecule has 8 nitrogen and oxygen atoms in total. The van der Waals surface area contributed by atoms with Crippen LogP contribution in [0.2, 0.25) is 0 Å². The number of esters is 1. The lowest BCUT2D eigenvalue weighted by Gasteiger charge is -2.39. The number of aliphatic hydroxyl groups excluding tert-OH is 1. The summed E-state index contributed by atoms with van der Waals surface area (Å²) in [5.74, 6) is -2.15. The van der Waals surface area contributed by atoms with Crippen molar-refractivity contribution in [1.29, 1.82) is 0 Å². The Morgan fingerprint density at radius 3 is 2.72 bits per heavy atom. The summed E-state index contributed by atoms with van der Waals surface area (Å²) in [6, 6.07) is -0.802. The Morgan fingerprint density at radius 2 is 2.06 bits per heavy atom. The number of aliphatic hydroxyl groups is 1. The molecule has 0 aliphatic carbocycles. The Balaban J connectivity index is 1.89. The predicted molar refractivity (Wildman–Crippen MR) is 137 cm³/mol. The van der Waals surface area contributed by atoms with Gasteiger partial charge in [-0.1, -0.05) is 25.5 Å². The van der Waals surface area contributed by atoms with Gasteiger partial charge in [0.1, 0.15) is 11.6 Å². The summed E-state index contributed by atoms with van der Waals surface area (Å²) in [4.78, 5) is 44.6. The maximum absolute atomic E-state index is 14.1. The average molecular weight is 505 g/mol. The Morgan fingerprint density at radius 1 is 1.28 bits per heavy atom. The van der Waals surface area contributed by atoms with Crippen LogP contribution in [0.5, 0.6) is 0 Å². The van der Waals surface area contributed by atoms with Gasteiger partial charge in [-0.25, -0.2) is 0 Å². The van der Waals surface area contributed by atoms with Crippen LogP contribution in [0, 0.1) is 11.8 Å². The standard InChI is InChI=1S/C28H44N2O6/c1-5-8-9-12-19-35-27(34)22-21-14-15-28(36-21)23(22)25(32)30(17-10-11-18-31)24(28)26(33)29(16-7-3)20(4)13-6-2/h5,7,20-24,31H,1,3,6,8-19H2,2,4H3/t20?,21-,22+,23+,24?,28?/m1/s1. The van der Waals surface area contributed by atoms with Gasteiger partial charge >= 0.3 is 5.97 Å². The molecule has 0 radical (unpaired) electrons. The lowest BCUT2D eigenvalue weighted by atomic mass is 9.70. The van der Waals surface area contributed by atoms with E-state index in [1.807, 2.05) is 13.0 Å². The number of fused-ring (bicyclic) bond motifs is 1. The molecule has 3 fully saturated rings. The van der Waals surface area contributed by atoms with Crippen LogP contribution >= 0.6 is 0 Å². The number of allylic oxidation sites excluding steroid dienone is 1. The second kappa shape index (κ2) is 12.9. The molecule has 3 unspecified atom stereocenters. The molecule has 1 spiro atoms. The van der Waals surface area contributed by atoms with Crippen molar-refractivity contribution in [2.24, 2.45) is 11.8 Å². The summed E-state index contributed by atoms with van der Waals surface area (Å²) in [7, 11) is 0. The van der Waals surface area contributed by atoms with Crippen molar-refractivity contribution in [2.45, 2.75) is 95.4 Å². The molecule has 3 aliphatic rings. The Kier molecular flexibility index (Phi) is 10.1. The molecule has 3 aliphatic heterocycles. The third kappa shape index (κ3) is 5.40. The monoisotopic (exact) mass is 504 g/mol. The van der Waals surface area contributed by atoms with E-state index in [-0.39, 0.29) is 24.5 Å². The first-order chi connectivity index (χ1) is 17.4. The van der Waals surface area contributed by atoms with E-state index in [2.05, 4.69) is 20.1 Å². The minimum absolute atomic E-state index is 0.0136. The van der Waals surface area contributed by atoms with E-state index in [9.17, 15) is 19.5 Å². The molecule has 0 aromatic carbocycles. The van der Waals surface area contributed by atoms with E-state index in [4.69, 9.17) is 9.47 Å². The molecule has 3 saturated heterocycles. The normalized spacial score (nSPS) is 29.2. The van der Waals surface area contributed by atoms with Crippen molar-refractivity contribution < 1.29 is 29.0 Å². The van der Waals surface area contributed by atoms with Crippen LogP contribution in [0.4, 0.5) is 0 Å².